The number of nitrogens with one attached hydrogen (secondary N) is 1. The molecule has 4 rings (SSSR count). The summed E-state index contributed by atoms with van der Waals surface area (Å²) < 4.78 is 5.50. The molecule has 144 valence electrons. The quantitative estimate of drug-likeness (QED) is 0.735. The molecule has 0 saturated carbocycles. The molecule has 2 saturated heterocycles. The minimum absolute atomic E-state index is 0.491. The second kappa shape index (κ2) is 9.53. The summed E-state index contributed by atoms with van der Waals surface area (Å²) in [6.07, 6.45) is 7.24. The zero-order valence-corrected chi connectivity index (χ0v) is 16.5. The summed E-state index contributed by atoms with van der Waals surface area (Å²) in [6.45, 7) is 5.40. The van der Waals surface area contributed by atoms with E-state index in [1.165, 1.54) is 18.5 Å². The van der Waals surface area contributed by atoms with Crippen LogP contribution in [-0.4, -0.2) is 53.8 Å². The molecule has 3 heterocycles. The fourth-order valence-corrected chi connectivity index (χ4v) is 4.59. The number of rotatable bonds is 7. The van der Waals surface area contributed by atoms with Crippen LogP contribution in [0.5, 0.6) is 0 Å². The lowest BCUT2D eigenvalue weighted by atomic mass is 10.0. The lowest BCUT2D eigenvalue weighted by molar-refractivity contribution is 0.154. The van der Waals surface area contributed by atoms with Crippen molar-refractivity contribution in [2.24, 2.45) is 5.92 Å². The van der Waals surface area contributed by atoms with Gasteiger partial charge in [0.2, 0.25) is 0 Å². The number of hydrogen-bond acceptors (Lipinski definition) is 6. The number of hydrogen-bond donors (Lipinski definition) is 1. The average molecular weight is 385 g/mol. The van der Waals surface area contributed by atoms with Crippen molar-refractivity contribution >= 4 is 17.6 Å². The van der Waals surface area contributed by atoms with Crippen molar-refractivity contribution in [3.05, 3.63) is 48.3 Å². The first-order valence-electron chi connectivity index (χ1n) is 9.90. The number of thioether (sulfide) groups is 1. The van der Waals surface area contributed by atoms with Crippen molar-refractivity contribution in [2.75, 3.05) is 38.2 Å². The number of benzene rings is 1. The highest BCUT2D eigenvalue weighted by atomic mass is 32.2. The first-order chi connectivity index (χ1) is 13.3. The molecule has 0 amide bonds. The van der Waals surface area contributed by atoms with Crippen molar-refractivity contribution in [1.82, 2.24) is 14.9 Å². The normalized spacial score (nSPS) is 21.4. The first-order valence-corrected chi connectivity index (χ1v) is 10.9. The third-order valence-electron chi connectivity index (χ3n) is 5.32. The van der Waals surface area contributed by atoms with Gasteiger partial charge in [-0.2, -0.15) is 0 Å². The van der Waals surface area contributed by atoms with Crippen LogP contribution in [0.25, 0.3) is 0 Å². The Hall–Kier alpha value is -1.63. The second-order valence-corrected chi connectivity index (χ2v) is 8.46. The molecule has 1 aromatic carbocycles. The van der Waals surface area contributed by atoms with Gasteiger partial charge in [0.15, 0.2) is 0 Å². The van der Waals surface area contributed by atoms with Crippen LogP contribution >= 0.6 is 11.8 Å². The van der Waals surface area contributed by atoms with Crippen molar-refractivity contribution in [1.29, 1.82) is 0 Å². The number of aromatic nitrogens is 2. The maximum absolute atomic E-state index is 5.50. The molecule has 0 spiro atoms. The Labute approximate surface area is 165 Å². The van der Waals surface area contributed by atoms with Crippen LogP contribution in [0, 0.1) is 5.92 Å². The highest BCUT2D eigenvalue weighted by molar-refractivity contribution is 7.98. The molecule has 27 heavy (non-hydrogen) atoms. The summed E-state index contributed by atoms with van der Waals surface area (Å²) in [5.74, 6) is 2.55. The van der Waals surface area contributed by atoms with Crippen LogP contribution < -0.4 is 5.32 Å². The highest BCUT2D eigenvalue weighted by Gasteiger charge is 2.24. The maximum atomic E-state index is 5.50. The van der Waals surface area contributed by atoms with E-state index in [1.807, 2.05) is 18.5 Å². The van der Waals surface area contributed by atoms with E-state index in [2.05, 4.69) is 39.5 Å². The Morgan fingerprint density at radius 2 is 1.96 bits per heavy atom. The van der Waals surface area contributed by atoms with Crippen LogP contribution in [0.1, 0.15) is 24.8 Å². The minimum Gasteiger partial charge on any atom is -0.381 e. The van der Waals surface area contributed by atoms with Gasteiger partial charge < -0.3 is 15.0 Å². The molecule has 2 fully saturated rings. The fourth-order valence-electron chi connectivity index (χ4n) is 3.78. The topological polar surface area (TPSA) is 50.3 Å². The predicted molar refractivity (Wildman–Crippen MR) is 110 cm³/mol. The van der Waals surface area contributed by atoms with E-state index in [1.54, 1.807) is 11.8 Å². The lowest BCUT2D eigenvalue weighted by Gasteiger charge is -2.33. The molecular weight excluding hydrogens is 356 g/mol. The molecule has 5 nitrogen and oxygen atoms in total. The van der Waals surface area contributed by atoms with Gasteiger partial charge in [0, 0.05) is 38.0 Å². The summed E-state index contributed by atoms with van der Waals surface area (Å²) in [5.41, 5.74) is 1.31. The van der Waals surface area contributed by atoms with Gasteiger partial charge >= 0.3 is 0 Å². The number of likely N-dealkylation sites (tertiary alicyclic amines) is 1. The molecule has 1 atom stereocenters. The van der Waals surface area contributed by atoms with Crippen LogP contribution in [0.15, 0.2) is 47.8 Å². The number of piperidine rings is 1. The zero-order chi connectivity index (χ0) is 18.3. The number of nitrogens with zero attached hydrogens (tertiary/aromatic N) is 3. The van der Waals surface area contributed by atoms with Crippen LogP contribution in [-0.2, 0) is 10.5 Å². The molecule has 2 aromatic rings. The Morgan fingerprint density at radius 1 is 1.11 bits per heavy atom. The molecule has 0 radical (unpaired) electrons. The third-order valence-corrected chi connectivity index (χ3v) is 6.29. The average Bonchev–Trinajstić information content (AvgIpc) is 3.22. The Bertz CT molecular complexity index is 700. The monoisotopic (exact) mass is 384 g/mol. The highest BCUT2D eigenvalue weighted by Crippen LogP contribution is 2.23. The standard InChI is InChI=1S/C21H28N4OS/c1-2-4-17(5-3-1)16-27-21-13-22-12-20(24-21)23-19-6-9-25(10-7-19)14-18-8-11-26-15-18/h1-5,12-13,18-19H,6-11,14-16H2,(H,23,24). The van der Waals surface area contributed by atoms with Gasteiger partial charge in [-0.05, 0) is 30.7 Å². The van der Waals surface area contributed by atoms with Gasteiger partial charge in [-0.25, -0.2) is 4.98 Å². The zero-order valence-electron chi connectivity index (χ0n) is 15.7. The fraction of sp³-hybridized carbons (Fsp3) is 0.524. The molecule has 1 N–H and O–H groups in total. The second-order valence-electron chi connectivity index (χ2n) is 7.47. The molecule has 1 aromatic heterocycles. The van der Waals surface area contributed by atoms with E-state index in [0.29, 0.717) is 6.04 Å². The van der Waals surface area contributed by atoms with Gasteiger partial charge in [0.1, 0.15) is 10.8 Å². The number of ether oxygens (including phenoxy) is 1. The maximum Gasteiger partial charge on any atom is 0.146 e. The third kappa shape index (κ3) is 5.67. The van der Waals surface area contributed by atoms with Crippen molar-refractivity contribution in [2.45, 2.75) is 36.1 Å². The molecule has 2 aliphatic rings. The van der Waals surface area contributed by atoms with E-state index in [9.17, 15) is 0 Å². The lowest BCUT2D eigenvalue weighted by Crippen LogP contribution is -2.41. The Balaban J connectivity index is 1.23. The van der Waals surface area contributed by atoms with E-state index in [0.717, 1.165) is 61.7 Å². The van der Waals surface area contributed by atoms with Gasteiger partial charge in [-0.1, -0.05) is 30.3 Å². The summed E-state index contributed by atoms with van der Waals surface area (Å²) in [6, 6.07) is 11.0. The molecule has 0 bridgehead atoms. The van der Waals surface area contributed by atoms with Gasteiger partial charge in [0.25, 0.3) is 0 Å². The van der Waals surface area contributed by atoms with Gasteiger partial charge in [-0.3, -0.25) is 4.98 Å². The predicted octanol–water partition coefficient (Wildman–Crippen LogP) is 3.68. The van der Waals surface area contributed by atoms with Crippen LogP contribution in [0.3, 0.4) is 0 Å². The molecule has 6 heteroatoms. The largest absolute Gasteiger partial charge is 0.381 e. The molecule has 0 aliphatic carbocycles. The summed E-state index contributed by atoms with van der Waals surface area (Å²) in [5, 5.41) is 4.57. The minimum atomic E-state index is 0.491. The first kappa shape index (κ1) is 18.7. The van der Waals surface area contributed by atoms with Crippen LogP contribution in [0.4, 0.5) is 5.82 Å². The molecular formula is C21H28N4OS. The van der Waals surface area contributed by atoms with Crippen molar-refractivity contribution < 1.29 is 4.74 Å². The summed E-state index contributed by atoms with van der Waals surface area (Å²) in [4.78, 5) is 11.7. The van der Waals surface area contributed by atoms with Crippen molar-refractivity contribution in [3.8, 4) is 0 Å². The van der Waals surface area contributed by atoms with E-state index >= 15 is 0 Å². The SMILES string of the molecule is c1ccc(CSc2cncc(NC3CCN(CC4CCOC4)CC3)n2)cc1. The van der Waals surface area contributed by atoms with E-state index in [4.69, 9.17) is 9.72 Å². The summed E-state index contributed by atoms with van der Waals surface area (Å²) in [7, 11) is 0. The smallest absolute Gasteiger partial charge is 0.146 e. The number of anilines is 1. The van der Waals surface area contributed by atoms with Crippen LogP contribution in [0.2, 0.25) is 0 Å². The van der Waals surface area contributed by atoms with Gasteiger partial charge in [0.05, 0.1) is 19.0 Å². The summed E-state index contributed by atoms with van der Waals surface area (Å²) >= 11 is 1.73. The Kier molecular flexibility index (Phi) is 6.61. The molecule has 1 unspecified atom stereocenters. The van der Waals surface area contributed by atoms with Gasteiger partial charge in [-0.15, -0.1) is 11.8 Å². The van der Waals surface area contributed by atoms with E-state index in [-0.39, 0.29) is 0 Å². The van der Waals surface area contributed by atoms with E-state index < -0.39 is 0 Å². The Morgan fingerprint density at radius 3 is 2.74 bits per heavy atom. The van der Waals surface area contributed by atoms with Crippen molar-refractivity contribution in [3.63, 3.8) is 0 Å². The molecule has 2 aliphatic heterocycles.